The summed E-state index contributed by atoms with van der Waals surface area (Å²) in [7, 11) is -3.78. The van der Waals surface area contributed by atoms with Crippen LogP contribution in [0, 0.1) is 0 Å². The fourth-order valence-corrected chi connectivity index (χ4v) is 10.6. The number of hydrogen-bond donors (Lipinski definition) is 0. The number of rotatable bonds is 4. The van der Waals surface area contributed by atoms with Crippen molar-refractivity contribution in [1.82, 2.24) is 13.9 Å². The highest BCUT2D eigenvalue weighted by Crippen LogP contribution is 2.72. The molecule has 0 bridgehead atoms. The lowest BCUT2D eigenvalue weighted by Gasteiger charge is -2.34. The highest BCUT2D eigenvalue weighted by Gasteiger charge is 2.50. The lowest BCUT2D eigenvalue weighted by Crippen LogP contribution is -2.23. The van der Waals surface area contributed by atoms with Crippen LogP contribution in [0.2, 0.25) is 0 Å². The van der Waals surface area contributed by atoms with Crippen molar-refractivity contribution < 1.29 is 4.57 Å². The Kier molecular flexibility index (Phi) is 5.75. The van der Waals surface area contributed by atoms with E-state index in [1.54, 1.807) is 0 Å². The first-order chi connectivity index (χ1) is 23.7. The van der Waals surface area contributed by atoms with E-state index in [1.807, 2.05) is 100 Å². The van der Waals surface area contributed by atoms with E-state index in [1.165, 1.54) is 0 Å². The topological polar surface area (TPSA) is 46.3 Å². The van der Waals surface area contributed by atoms with Gasteiger partial charge in [-0.2, -0.15) is 0 Å². The van der Waals surface area contributed by atoms with Crippen LogP contribution in [0.3, 0.4) is 0 Å². The molecular weight excluding hydrogens is 609 g/mol. The van der Waals surface area contributed by atoms with Crippen LogP contribution in [-0.2, 0) is 4.57 Å². The highest BCUT2D eigenvalue weighted by atomic mass is 31.2. The largest absolute Gasteiger partial charge is 0.374 e. The van der Waals surface area contributed by atoms with E-state index in [-0.39, 0.29) is 0 Å². The molecule has 0 saturated heterocycles. The van der Waals surface area contributed by atoms with E-state index in [4.69, 9.17) is 4.98 Å². The molecule has 1 aliphatic heterocycles. The van der Waals surface area contributed by atoms with Crippen LogP contribution in [0.15, 0.2) is 170 Å². The first-order valence-electron chi connectivity index (χ1n) is 16.0. The van der Waals surface area contributed by atoms with Crippen LogP contribution in [0.25, 0.3) is 49.6 Å². The molecule has 4 heterocycles. The van der Waals surface area contributed by atoms with Gasteiger partial charge >= 0.3 is 7.59 Å². The summed E-state index contributed by atoms with van der Waals surface area (Å²) in [6.07, 6.45) is 0. The Bertz CT molecular complexity index is 2650. The van der Waals surface area contributed by atoms with Crippen molar-refractivity contribution in [3.8, 4) is 5.69 Å². The second-order valence-corrected chi connectivity index (χ2v) is 14.3. The zero-order valence-corrected chi connectivity index (χ0v) is 26.7. The molecule has 0 aliphatic carbocycles. The molecule has 0 amide bonds. The third kappa shape index (κ3) is 3.63. The van der Waals surface area contributed by atoms with Gasteiger partial charge in [0.1, 0.15) is 0 Å². The van der Waals surface area contributed by atoms with Crippen LogP contribution in [0.1, 0.15) is 0 Å². The summed E-state index contributed by atoms with van der Waals surface area (Å²) >= 11 is 0. The SMILES string of the molecule is O=P1(n2c3ccccc3c3nc4c5ccccc5n(-c5ccccc5)c4cc32)N(c2ccccc2)c2ccccc2N1c1ccccc1. The summed E-state index contributed by atoms with van der Waals surface area (Å²) in [5.74, 6) is 0. The Balaban J connectivity index is 1.39. The van der Waals surface area contributed by atoms with Crippen molar-refractivity contribution in [2.75, 3.05) is 9.34 Å². The van der Waals surface area contributed by atoms with Gasteiger partial charge in [-0.25, -0.2) is 9.55 Å². The van der Waals surface area contributed by atoms with Crippen molar-refractivity contribution in [3.63, 3.8) is 0 Å². The summed E-state index contributed by atoms with van der Waals surface area (Å²) in [6.45, 7) is 0. The van der Waals surface area contributed by atoms with E-state index < -0.39 is 7.59 Å². The van der Waals surface area contributed by atoms with Crippen LogP contribution < -0.4 is 9.34 Å². The van der Waals surface area contributed by atoms with Gasteiger partial charge in [0.2, 0.25) is 0 Å². The van der Waals surface area contributed by atoms with Gasteiger partial charge in [-0.05, 0) is 66.7 Å². The minimum Gasteiger partial charge on any atom is -0.308 e. The van der Waals surface area contributed by atoms with Crippen molar-refractivity contribution in [2.45, 2.75) is 0 Å². The fourth-order valence-electron chi connectivity index (χ4n) is 7.43. The number of benzene rings is 6. The molecule has 7 heteroatoms. The zero-order valence-electron chi connectivity index (χ0n) is 25.8. The molecule has 0 unspecified atom stereocenters. The quantitative estimate of drug-likeness (QED) is 0.180. The molecule has 9 aromatic rings. The lowest BCUT2D eigenvalue weighted by atomic mass is 10.2. The average molecular weight is 638 g/mol. The van der Waals surface area contributed by atoms with Gasteiger partial charge in [0.05, 0.1) is 55.8 Å². The van der Waals surface area contributed by atoms with Gasteiger partial charge in [-0.1, -0.05) is 103 Å². The Hall–Kier alpha value is -6.10. The first kappa shape index (κ1) is 27.1. The Labute approximate surface area is 276 Å². The highest BCUT2D eigenvalue weighted by molar-refractivity contribution is 7.67. The van der Waals surface area contributed by atoms with Crippen LogP contribution >= 0.6 is 7.59 Å². The Morgan fingerprint density at radius 2 is 0.854 bits per heavy atom. The predicted octanol–water partition coefficient (Wildman–Crippen LogP) is 11.2. The van der Waals surface area contributed by atoms with Crippen LogP contribution in [-0.4, -0.2) is 13.9 Å². The molecule has 0 radical (unpaired) electrons. The fraction of sp³-hybridized carbons (Fsp3) is 0. The molecule has 0 N–H and O–H groups in total. The molecule has 6 aromatic carbocycles. The van der Waals surface area contributed by atoms with Gasteiger partial charge in [0, 0.05) is 16.5 Å². The second-order valence-electron chi connectivity index (χ2n) is 12.0. The minimum absolute atomic E-state index is 0.807. The second kappa shape index (κ2) is 10.2. The number of pyridine rings is 1. The summed E-state index contributed by atoms with van der Waals surface area (Å²) in [5, 5.41) is 2.03. The number of aromatic nitrogens is 3. The van der Waals surface area contributed by atoms with E-state index >= 15 is 4.57 Å². The lowest BCUT2D eigenvalue weighted by molar-refractivity contribution is 0.572. The van der Waals surface area contributed by atoms with E-state index in [0.717, 1.165) is 72.3 Å². The van der Waals surface area contributed by atoms with Crippen LogP contribution in [0.4, 0.5) is 22.7 Å². The van der Waals surface area contributed by atoms with Gasteiger partial charge in [-0.3, -0.25) is 13.7 Å². The molecule has 1 aliphatic rings. The van der Waals surface area contributed by atoms with Gasteiger partial charge in [0.15, 0.2) is 0 Å². The summed E-state index contributed by atoms with van der Waals surface area (Å²) in [4.78, 5) is 5.45. The van der Waals surface area contributed by atoms with E-state index in [2.05, 4.69) is 87.8 Å². The maximum atomic E-state index is 16.9. The van der Waals surface area contributed by atoms with Crippen LogP contribution in [0.5, 0.6) is 0 Å². The Morgan fingerprint density at radius 1 is 0.417 bits per heavy atom. The first-order valence-corrected chi connectivity index (χ1v) is 17.6. The normalized spacial score (nSPS) is 14.0. The monoisotopic (exact) mass is 637 g/mol. The third-order valence-electron chi connectivity index (χ3n) is 9.37. The molecular formula is C41H28N5OP. The van der Waals surface area contributed by atoms with Crippen molar-refractivity contribution >= 4 is 74.2 Å². The van der Waals surface area contributed by atoms with E-state index in [9.17, 15) is 0 Å². The Morgan fingerprint density at radius 3 is 1.44 bits per heavy atom. The molecule has 0 saturated carbocycles. The molecule has 0 atom stereocenters. The summed E-state index contributed by atoms with van der Waals surface area (Å²) < 4.78 is 25.3. The molecule has 228 valence electrons. The van der Waals surface area contributed by atoms with Crippen molar-refractivity contribution in [2.24, 2.45) is 0 Å². The number of fused-ring (bicyclic) bond motifs is 7. The van der Waals surface area contributed by atoms with Crippen molar-refractivity contribution in [3.05, 3.63) is 170 Å². The average Bonchev–Trinajstić information content (AvgIpc) is 3.74. The van der Waals surface area contributed by atoms with Gasteiger partial charge in [0.25, 0.3) is 0 Å². The summed E-state index contributed by atoms with van der Waals surface area (Å²) in [5.41, 5.74) is 9.95. The van der Waals surface area contributed by atoms with Gasteiger partial charge in [-0.15, -0.1) is 0 Å². The standard InChI is InChI=1S/C41H28N5OP/c47-48(44(30-18-6-2-7-19-30)36-26-14-15-27-37(36)45(48)31-20-8-3-9-21-31)46-35-25-13-11-23-33(35)41-39(46)28-38-40(42-41)32-22-10-12-24-34(32)43(38)29-16-4-1-5-17-29/h1-28H. The molecule has 3 aromatic heterocycles. The number of nitrogens with zero attached hydrogens (tertiary/aromatic N) is 5. The molecule has 6 nitrogen and oxygen atoms in total. The molecule has 48 heavy (non-hydrogen) atoms. The summed E-state index contributed by atoms with van der Waals surface area (Å²) in [6, 6.07) is 57.5. The minimum atomic E-state index is -3.78. The maximum Gasteiger partial charge on any atom is 0.374 e. The molecule has 0 fully saturated rings. The number of para-hydroxylation sites is 7. The molecule has 10 rings (SSSR count). The number of anilines is 4. The van der Waals surface area contributed by atoms with Crippen molar-refractivity contribution in [1.29, 1.82) is 0 Å². The third-order valence-corrected chi connectivity index (χ3v) is 12.3. The maximum absolute atomic E-state index is 16.9. The zero-order chi connectivity index (χ0) is 31.8. The van der Waals surface area contributed by atoms with Gasteiger partial charge < -0.3 is 4.57 Å². The predicted molar refractivity (Wildman–Crippen MR) is 198 cm³/mol. The molecule has 0 spiro atoms. The van der Waals surface area contributed by atoms with E-state index in [0.29, 0.717) is 0 Å². The smallest absolute Gasteiger partial charge is 0.308 e. The number of hydrogen-bond acceptors (Lipinski definition) is 2.